The van der Waals surface area contributed by atoms with Crippen LogP contribution in [0.3, 0.4) is 0 Å². The average molecular weight is 578 g/mol. The van der Waals surface area contributed by atoms with Crippen LogP contribution in [-0.2, 0) is 9.59 Å². The summed E-state index contributed by atoms with van der Waals surface area (Å²) in [7, 11) is 0. The maximum atomic E-state index is 14.1. The van der Waals surface area contributed by atoms with Crippen LogP contribution in [0, 0.1) is 18.7 Å². The molecule has 10 nitrogen and oxygen atoms in total. The zero-order valence-corrected chi connectivity index (χ0v) is 23.0. The molecule has 5 rings (SSSR count). The molecule has 3 aromatic rings. The van der Waals surface area contributed by atoms with Crippen molar-refractivity contribution in [3.8, 4) is 23.3 Å². The summed E-state index contributed by atoms with van der Waals surface area (Å²) in [5, 5.41) is 25.8. The van der Waals surface area contributed by atoms with Gasteiger partial charge in [0.1, 0.15) is 5.82 Å². The first kappa shape index (κ1) is 28.7. The molecule has 1 aliphatic heterocycles. The third kappa shape index (κ3) is 6.40. The number of carbonyl (C=O) groups is 3. The van der Waals surface area contributed by atoms with Gasteiger partial charge in [-0.2, -0.15) is 0 Å². The van der Waals surface area contributed by atoms with Gasteiger partial charge in [-0.05, 0) is 67.2 Å². The van der Waals surface area contributed by atoms with Crippen LogP contribution in [-0.4, -0.2) is 45.6 Å². The normalized spacial score (nSPS) is 16.0. The lowest BCUT2D eigenvalue weighted by Crippen LogP contribution is -2.46. The van der Waals surface area contributed by atoms with Crippen LogP contribution < -0.4 is 20.1 Å². The van der Waals surface area contributed by atoms with Crippen LogP contribution in [0.25, 0.3) is 6.08 Å². The maximum absolute atomic E-state index is 14.1. The molecule has 1 saturated carbocycles. The summed E-state index contributed by atoms with van der Waals surface area (Å²) in [5.41, 5.74) is 1.19. The van der Waals surface area contributed by atoms with Gasteiger partial charge in [-0.3, -0.25) is 19.4 Å². The largest absolute Gasteiger partial charge is 0.494 e. The van der Waals surface area contributed by atoms with E-state index in [0.717, 1.165) is 12.8 Å². The Labute approximate surface area is 241 Å². The Morgan fingerprint density at radius 2 is 1.81 bits per heavy atom. The van der Waals surface area contributed by atoms with Crippen molar-refractivity contribution >= 4 is 23.7 Å². The molecule has 2 aromatic carbocycles. The molecule has 42 heavy (non-hydrogen) atoms. The molecular weight excluding hydrogens is 545 g/mol. The summed E-state index contributed by atoms with van der Waals surface area (Å²) in [6.07, 6.45) is 5.82. The quantitative estimate of drug-likeness (QED) is 0.177. The summed E-state index contributed by atoms with van der Waals surface area (Å²) in [6.45, 7) is 1.63. The van der Waals surface area contributed by atoms with Crippen molar-refractivity contribution < 1.29 is 38.5 Å². The van der Waals surface area contributed by atoms with Crippen molar-refractivity contribution in [1.29, 1.82) is 0 Å². The van der Waals surface area contributed by atoms with Gasteiger partial charge in [-0.1, -0.05) is 31.0 Å². The number of benzene rings is 2. The van der Waals surface area contributed by atoms with E-state index in [-0.39, 0.29) is 36.1 Å². The van der Waals surface area contributed by atoms with Crippen LogP contribution in [0.15, 0.2) is 48.5 Å². The van der Waals surface area contributed by atoms with E-state index in [1.54, 1.807) is 30.3 Å². The smallest absolute Gasteiger partial charge is 0.244 e. The second-order valence-electron chi connectivity index (χ2n) is 10.5. The summed E-state index contributed by atoms with van der Waals surface area (Å²) in [6, 6.07) is 8.96. The Morgan fingerprint density at radius 3 is 2.52 bits per heavy atom. The van der Waals surface area contributed by atoms with E-state index in [0.29, 0.717) is 35.5 Å². The second kappa shape index (κ2) is 12.4. The van der Waals surface area contributed by atoms with Crippen LogP contribution in [0.1, 0.15) is 65.2 Å². The summed E-state index contributed by atoms with van der Waals surface area (Å²) in [4.78, 5) is 42.2. The average Bonchev–Trinajstić information content (AvgIpc) is 3.71. The number of aromatic nitrogens is 1. The summed E-state index contributed by atoms with van der Waals surface area (Å²) >= 11 is 0. The summed E-state index contributed by atoms with van der Waals surface area (Å²) < 4.78 is 24.8. The predicted molar refractivity (Wildman–Crippen MR) is 151 cm³/mol. The molecule has 2 amide bonds. The molecule has 1 fully saturated rings. The van der Waals surface area contributed by atoms with Crippen molar-refractivity contribution in [1.82, 2.24) is 15.6 Å². The Morgan fingerprint density at radius 1 is 1.05 bits per heavy atom. The molecule has 2 atom stereocenters. The Bertz CT molecular complexity index is 1530. The number of ether oxygens (including phenoxy) is 2. The van der Waals surface area contributed by atoms with Crippen LogP contribution in [0.2, 0.25) is 0 Å². The molecule has 11 heteroatoms. The number of aromatic amines is 1. The fourth-order valence-electron chi connectivity index (χ4n) is 5.51. The SMILES string of the molecule is Cc1c(O)[nH]c(O)c1C(=O)C(NC(=O)CC(NC(=O)C=Cc1ccc2c(c1)OCO2)c1cccc(F)c1)C1CCCC1. The molecular formula is C31H32FN3O7. The molecule has 2 unspecified atom stereocenters. The van der Waals surface area contributed by atoms with E-state index < -0.39 is 41.4 Å². The van der Waals surface area contributed by atoms with Crippen molar-refractivity contribution in [2.75, 3.05) is 6.79 Å². The number of ketones is 1. The van der Waals surface area contributed by atoms with E-state index >= 15 is 0 Å². The number of H-pyrrole nitrogens is 1. The Hall–Kier alpha value is -4.80. The number of nitrogens with one attached hydrogen (secondary N) is 3. The number of hydrogen-bond donors (Lipinski definition) is 5. The minimum atomic E-state index is -0.949. The van der Waals surface area contributed by atoms with Gasteiger partial charge in [0, 0.05) is 11.6 Å². The number of hydrogen-bond acceptors (Lipinski definition) is 7. The van der Waals surface area contributed by atoms with Crippen molar-refractivity contribution in [2.45, 2.75) is 51.1 Å². The van der Waals surface area contributed by atoms with Crippen molar-refractivity contribution in [3.63, 3.8) is 0 Å². The molecule has 2 aliphatic rings. The monoisotopic (exact) mass is 577 g/mol. The molecule has 0 spiro atoms. The van der Waals surface area contributed by atoms with Gasteiger partial charge in [0.25, 0.3) is 0 Å². The zero-order valence-electron chi connectivity index (χ0n) is 23.0. The van der Waals surface area contributed by atoms with Gasteiger partial charge >= 0.3 is 0 Å². The maximum Gasteiger partial charge on any atom is 0.244 e. The van der Waals surface area contributed by atoms with Crippen LogP contribution >= 0.6 is 0 Å². The van der Waals surface area contributed by atoms with Gasteiger partial charge in [-0.15, -0.1) is 0 Å². The first-order valence-electron chi connectivity index (χ1n) is 13.8. The Balaban J connectivity index is 1.33. The molecule has 2 heterocycles. The minimum Gasteiger partial charge on any atom is -0.494 e. The number of aromatic hydroxyl groups is 2. The topological polar surface area (TPSA) is 150 Å². The van der Waals surface area contributed by atoms with Gasteiger partial charge < -0.3 is 30.3 Å². The zero-order chi connectivity index (χ0) is 29.8. The lowest BCUT2D eigenvalue weighted by molar-refractivity contribution is -0.123. The van der Waals surface area contributed by atoms with Crippen molar-refractivity contribution in [3.05, 3.63) is 76.6 Å². The highest BCUT2D eigenvalue weighted by molar-refractivity contribution is 6.05. The first-order valence-corrected chi connectivity index (χ1v) is 13.8. The van der Waals surface area contributed by atoms with E-state index in [1.165, 1.54) is 31.2 Å². The van der Waals surface area contributed by atoms with Crippen LogP contribution in [0.4, 0.5) is 4.39 Å². The predicted octanol–water partition coefficient (Wildman–Crippen LogP) is 4.42. The fourth-order valence-corrected chi connectivity index (χ4v) is 5.51. The number of Topliss-reactive ketones (excluding diaryl/α,β-unsaturated/α-hetero) is 1. The summed E-state index contributed by atoms with van der Waals surface area (Å²) in [5.74, 6) is -1.86. The molecule has 5 N–H and O–H groups in total. The lowest BCUT2D eigenvalue weighted by atomic mass is 9.90. The third-order valence-electron chi connectivity index (χ3n) is 7.70. The van der Waals surface area contributed by atoms with Gasteiger partial charge in [-0.25, -0.2) is 4.39 Å². The highest BCUT2D eigenvalue weighted by Crippen LogP contribution is 2.35. The molecule has 1 aromatic heterocycles. The van der Waals surface area contributed by atoms with Gasteiger partial charge in [0.05, 0.1) is 24.1 Å². The number of fused-ring (bicyclic) bond motifs is 1. The highest BCUT2D eigenvalue weighted by atomic mass is 19.1. The standard InChI is InChI=1S/C31H32FN3O7/c1-17-27(31(40)35-30(17)39)29(38)28(19-5-2-3-6-19)34-26(37)15-22(20-7-4-8-21(32)14-20)33-25(36)12-10-18-9-11-23-24(13-18)42-16-41-23/h4,7-14,19,22,28,35,39-40H,2-3,5-6,15-16H2,1H3,(H,33,36)(H,34,37). The van der Waals surface area contributed by atoms with E-state index in [9.17, 15) is 29.0 Å². The molecule has 220 valence electrons. The number of carbonyl (C=O) groups excluding carboxylic acids is 3. The molecule has 0 saturated heterocycles. The number of rotatable bonds is 10. The number of amides is 2. The van der Waals surface area contributed by atoms with Crippen LogP contribution in [0.5, 0.6) is 23.3 Å². The van der Waals surface area contributed by atoms with E-state index in [2.05, 4.69) is 15.6 Å². The lowest BCUT2D eigenvalue weighted by Gasteiger charge is -2.25. The third-order valence-corrected chi connectivity index (χ3v) is 7.70. The molecule has 0 radical (unpaired) electrons. The van der Waals surface area contributed by atoms with Gasteiger partial charge in [0.15, 0.2) is 23.2 Å². The first-order chi connectivity index (χ1) is 20.2. The number of halogens is 1. The highest BCUT2D eigenvalue weighted by Gasteiger charge is 2.36. The fraction of sp³-hybridized carbons (Fsp3) is 0.323. The molecule has 0 bridgehead atoms. The second-order valence-corrected chi connectivity index (χ2v) is 10.5. The van der Waals surface area contributed by atoms with E-state index in [4.69, 9.17) is 9.47 Å². The minimum absolute atomic E-state index is 0.0756. The molecule has 1 aliphatic carbocycles. The Kier molecular flexibility index (Phi) is 8.46. The van der Waals surface area contributed by atoms with Gasteiger partial charge in [0.2, 0.25) is 24.5 Å². The van der Waals surface area contributed by atoms with Crippen molar-refractivity contribution in [2.24, 2.45) is 5.92 Å². The van der Waals surface area contributed by atoms with E-state index in [1.807, 2.05) is 0 Å².